The van der Waals surface area contributed by atoms with Gasteiger partial charge < -0.3 is 9.47 Å². The van der Waals surface area contributed by atoms with Gasteiger partial charge in [0.1, 0.15) is 0 Å². The van der Waals surface area contributed by atoms with Crippen molar-refractivity contribution in [3.63, 3.8) is 0 Å². The standard InChI is InChI=1S/C19H14O2/c1-2-12-4-5-14-7-9-16(19-20-10-11-21-19)15-8-6-13(3-1)17(12)18(14)15/h1-9,19H,10-11H2. The predicted octanol–water partition coefficient (Wildman–Crippen LogP) is 4.63. The molecule has 5 rings (SSSR count). The topological polar surface area (TPSA) is 18.5 Å². The Balaban J connectivity index is 1.96. The molecule has 0 atom stereocenters. The lowest BCUT2D eigenvalue weighted by molar-refractivity contribution is -0.0429. The van der Waals surface area contributed by atoms with Crippen LogP contribution in [0, 0.1) is 0 Å². The largest absolute Gasteiger partial charge is 0.346 e. The Kier molecular flexibility index (Phi) is 2.28. The van der Waals surface area contributed by atoms with Crippen LogP contribution in [-0.2, 0) is 9.47 Å². The molecule has 1 heterocycles. The Morgan fingerprint density at radius 2 is 1.29 bits per heavy atom. The van der Waals surface area contributed by atoms with Crippen molar-refractivity contribution >= 4 is 32.3 Å². The smallest absolute Gasteiger partial charge is 0.184 e. The van der Waals surface area contributed by atoms with Crippen LogP contribution >= 0.6 is 0 Å². The van der Waals surface area contributed by atoms with Crippen LogP contribution < -0.4 is 0 Å². The van der Waals surface area contributed by atoms with Crippen molar-refractivity contribution in [3.8, 4) is 0 Å². The van der Waals surface area contributed by atoms with Crippen LogP contribution in [0.5, 0.6) is 0 Å². The number of hydrogen-bond acceptors (Lipinski definition) is 2. The average molecular weight is 274 g/mol. The van der Waals surface area contributed by atoms with Crippen LogP contribution in [0.3, 0.4) is 0 Å². The van der Waals surface area contributed by atoms with Gasteiger partial charge in [-0.15, -0.1) is 0 Å². The Morgan fingerprint density at radius 1 is 0.667 bits per heavy atom. The van der Waals surface area contributed by atoms with E-state index >= 15 is 0 Å². The van der Waals surface area contributed by atoms with E-state index in [-0.39, 0.29) is 6.29 Å². The second kappa shape index (κ2) is 4.17. The minimum Gasteiger partial charge on any atom is -0.346 e. The van der Waals surface area contributed by atoms with Crippen molar-refractivity contribution < 1.29 is 9.47 Å². The zero-order valence-corrected chi connectivity index (χ0v) is 11.5. The molecule has 0 bridgehead atoms. The molecular formula is C19H14O2. The van der Waals surface area contributed by atoms with Gasteiger partial charge in [-0.1, -0.05) is 54.6 Å². The third-order valence-corrected chi connectivity index (χ3v) is 4.44. The minimum absolute atomic E-state index is 0.227. The van der Waals surface area contributed by atoms with Gasteiger partial charge in [0.25, 0.3) is 0 Å². The van der Waals surface area contributed by atoms with Crippen LogP contribution in [0.2, 0.25) is 0 Å². The Bertz CT molecular complexity index is 936. The van der Waals surface area contributed by atoms with E-state index in [4.69, 9.17) is 9.47 Å². The van der Waals surface area contributed by atoms with Gasteiger partial charge in [-0.05, 0) is 32.3 Å². The molecule has 0 unspecified atom stereocenters. The monoisotopic (exact) mass is 274 g/mol. The summed E-state index contributed by atoms with van der Waals surface area (Å²) in [7, 11) is 0. The molecular weight excluding hydrogens is 260 g/mol. The van der Waals surface area contributed by atoms with Gasteiger partial charge >= 0.3 is 0 Å². The maximum atomic E-state index is 5.71. The highest BCUT2D eigenvalue weighted by molar-refractivity contribution is 6.23. The first kappa shape index (κ1) is 11.5. The molecule has 0 aliphatic carbocycles. The van der Waals surface area contributed by atoms with E-state index in [0.29, 0.717) is 13.2 Å². The molecule has 4 aromatic rings. The van der Waals surface area contributed by atoms with E-state index in [0.717, 1.165) is 5.56 Å². The SMILES string of the molecule is c1cc2ccc3ccc(C4OCCO4)c4ccc(c1)c2c34. The molecule has 4 aromatic carbocycles. The third-order valence-electron chi connectivity index (χ3n) is 4.44. The predicted molar refractivity (Wildman–Crippen MR) is 84.8 cm³/mol. The van der Waals surface area contributed by atoms with Gasteiger partial charge in [0.15, 0.2) is 6.29 Å². The van der Waals surface area contributed by atoms with Crippen LogP contribution in [0.4, 0.5) is 0 Å². The first-order valence-corrected chi connectivity index (χ1v) is 7.31. The van der Waals surface area contributed by atoms with E-state index in [1.807, 2.05) is 0 Å². The molecule has 2 nitrogen and oxygen atoms in total. The van der Waals surface area contributed by atoms with Crippen molar-refractivity contribution in [3.05, 3.63) is 60.2 Å². The van der Waals surface area contributed by atoms with Gasteiger partial charge in [-0.25, -0.2) is 0 Å². The second-order valence-electron chi connectivity index (χ2n) is 5.58. The molecule has 1 saturated heterocycles. The fourth-order valence-corrected chi connectivity index (χ4v) is 3.50. The minimum atomic E-state index is -0.227. The summed E-state index contributed by atoms with van der Waals surface area (Å²) in [6, 6.07) is 19.6. The maximum absolute atomic E-state index is 5.71. The highest BCUT2D eigenvalue weighted by Crippen LogP contribution is 2.38. The normalized spacial score (nSPS) is 16.6. The third kappa shape index (κ3) is 1.54. The molecule has 102 valence electrons. The average Bonchev–Trinajstić information content (AvgIpc) is 3.07. The van der Waals surface area contributed by atoms with Crippen LogP contribution in [-0.4, -0.2) is 13.2 Å². The summed E-state index contributed by atoms with van der Waals surface area (Å²) >= 11 is 0. The van der Waals surface area contributed by atoms with Crippen LogP contribution in [0.25, 0.3) is 32.3 Å². The highest BCUT2D eigenvalue weighted by Gasteiger charge is 2.21. The van der Waals surface area contributed by atoms with Gasteiger partial charge in [0.05, 0.1) is 13.2 Å². The number of hydrogen-bond donors (Lipinski definition) is 0. The number of rotatable bonds is 1. The number of ether oxygens (including phenoxy) is 2. The molecule has 0 saturated carbocycles. The molecule has 1 aliphatic heterocycles. The van der Waals surface area contributed by atoms with Crippen molar-refractivity contribution in [2.75, 3.05) is 13.2 Å². The van der Waals surface area contributed by atoms with E-state index in [1.54, 1.807) is 0 Å². The Labute approximate surface area is 122 Å². The van der Waals surface area contributed by atoms with Crippen molar-refractivity contribution in [2.24, 2.45) is 0 Å². The van der Waals surface area contributed by atoms with E-state index in [1.165, 1.54) is 32.3 Å². The highest BCUT2D eigenvalue weighted by atomic mass is 16.7. The summed E-state index contributed by atoms with van der Waals surface area (Å²) in [5, 5.41) is 7.75. The molecule has 2 heteroatoms. The molecule has 0 amide bonds. The van der Waals surface area contributed by atoms with Gasteiger partial charge in [0, 0.05) is 5.56 Å². The molecule has 0 spiro atoms. The van der Waals surface area contributed by atoms with Crippen molar-refractivity contribution in [1.29, 1.82) is 0 Å². The van der Waals surface area contributed by atoms with E-state index < -0.39 is 0 Å². The summed E-state index contributed by atoms with van der Waals surface area (Å²) < 4.78 is 11.4. The quantitative estimate of drug-likeness (QED) is 0.471. The number of benzene rings is 4. The van der Waals surface area contributed by atoms with Gasteiger partial charge in [0.2, 0.25) is 0 Å². The molecule has 1 aliphatic rings. The first-order valence-electron chi connectivity index (χ1n) is 7.31. The lowest BCUT2D eigenvalue weighted by Gasteiger charge is -2.16. The molecule has 21 heavy (non-hydrogen) atoms. The fourth-order valence-electron chi connectivity index (χ4n) is 3.50. The van der Waals surface area contributed by atoms with E-state index in [2.05, 4.69) is 54.6 Å². The Hall–Kier alpha value is -2.16. The maximum Gasteiger partial charge on any atom is 0.184 e. The summed E-state index contributed by atoms with van der Waals surface area (Å²) in [6.07, 6.45) is -0.227. The zero-order valence-electron chi connectivity index (χ0n) is 11.5. The molecule has 1 fully saturated rings. The van der Waals surface area contributed by atoms with Crippen molar-refractivity contribution in [1.82, 2.24) is 0 Å². The zero-order chi connectivity index (χ0) is 13.8. The van der Waals surface area contributed by atoms with Crippen LogP contribution in [0.1, 0.15) is 11.9 Å². The first-order chi connectivity index (χ1) is 10.4. The summed E-state index contributed by atoms with van der Waals surface area (Å²) in [5.74, 6) is 0. The fraction of sp³-hybridized carbons (Fsp3) is 0.158. The van der Waals surface area contributed by atoms with Gasteiger partial charge in [-0.2, -0.15) is 0 Å². The molecule has 0 aromatic heterocycles. The van der Waals surface area contributed by atoms with Crippen molar-refractivity contribution in [2.45, 2.75) is 6.29 Å². The summed E-state index contributed by atoms with van der Waals surface area (Å²) in [4.78, 5) is 0. The Morgan fingerprint density at radius 3 is 2.05 bits per heavy atom. The summed E-state index contributed by atoms with van der Waals surface area (Å²) in [6.45, 7) is 1.35. The lowest BCUT2D eigenvalue weighted by atomic mass is 9.92. The molecule has 0 N–H and O–H groups in total. The van der Waals surface area contributed by atoms with Crippen LogP contribution in [0.15, 0.2) is 54.6 Å². The lowest BCUT2D eigenvalue weighted by Crippen LogP contribution is -1.99. The summed E-state index contributed by atoms with van der Waals surface area (Å²) in [5.41, 5.74) is 1.14. The molecule has 0 radical (unpaired) electrons. The van der Waals surface area contributed by atoms with Gasteiger partial charge in [-0.3, -0.25) is 0 Å². The second-order valence-corrected chi connectivity index (χ2v) is 5.58. The van der Waals surface area contributed by atoms with E-state index in [9.17, 15) is 0 Å².